The Morgan fingerprint density at radius 2 is 1.64 bits per heavy atom. The van der Waals surface area contributed by atoms with Crippen LogP contribution in [0.15, 0.2) is 78.9 Å². The van der Waals surface area contributed by atoms with Crippen LogP contribution in [0.25, 0.3) is 0 Å². The summed E-state index contributed by atoms with van der Waals surface area (Å²) in [6.07, 6.45) is 1.88. The van der Waals surface area contributed by atoms with Crippen LogP contribution in [0.1, 0.15) is 36.2 Å². The van der Waals surface area contributed by atoms with Gasteiger partial charge in [0.15, 0.2) is 0 Å². The second-order valence-corrected chi connectivity index (χ2v) is 8.07. The first-order chi connectivity index (χ1) is 16.0. The number of hydrogen-bond donors (Lipinski definition) is 3. The number of ether oxygens (including phenoxy) is 1. The Bertz CT molecular complexity index is 1030. The van der Waals surface area contributed by atoms with Crippen LogP contribution in [-0.2, 0) is 11.2 Å². The van der Waals surface area contributed by atoms with Gasteiger partial charge >= 0.3 is 0 Å². The van der Waals surface area contributed by atoms with Crippen molar-refractivity contribution in [3.8, 4) is 5.75 Å². The second-order valence-electron chi connectivity index (χ2n) is 8.07. The van der Waals surface area contributed by atoms with Crippen molar-refractivity contribution in [2.75, 3.05) is 23.8 Å². The Kier molecular flexibility index (Phi) is 8.88. The number of anilines is 2. The third-order valence-electron chi connectivity index (χ3n) is 4.86. The van der Waals surface area contributed by atoms with Crippen LogP contribution in [0.2, 0.25) is 0 Å². The molecule has 0 bridgehead atoms. The van der Waals surface area contributed by atoms with Gasteiger partial charge in [-0.3, -0.25) is 9.59 Å². The van der Waals surface area contributed by atoms with E-state index in [1.165, 1.54) is 5.56 Å². The van der Waals surface area contributed by atoms with Gasteiger partial charge < -0.3 is 20.7 Å². The highest BCUT2D eigenvalue weighted by molar-refractivity contribution is 5.95. The first kappa shape index (κ1) is 23.9. The zero-order valence-corrected chi connectivity index (χ0v) is 19.1. The van der Waals surface area contributed by atoms with E-state index < -0.39 is 0 Å². The topological polar surface area (TPSA) is 79.5 Å². The van der Waals surface area contributed by atoms with Gasteiger partial charge in [-0.1, -0.05) is 36.4 Å². The highest BCUT2D eigenvalue weighted by Crippen LogP contribution is 2.18. The third kappa shape index (κ3) is 8.33. The molecule has 3 N–H and O–H groups in total. The van der Waals surface area contributed by atoms with Gasteiger partial charge in [0.1, 0.15) is 5.75 Å². The number of amides is 2. The molecule has 0 saturated heterocycles. The maximum absolute atomic E-state index is 12.3. The van der Waals surface area contributed by atoms with E-state index in [2.05, 4.69) is 28.1 Å². The average molecular weight is 446 g/mol. The van der Waals surface area contributed by atoms with Crippen molar-refractivity contribution in [2.45, 2.75) is 32.7 Å². The minimum absolute atomic E-state index is 0.0807. The molecule has 0 aromatic heterocycles. The number of carbonyl (C=O) groups excluding carboxylic acids is 2. The van der Waals surface area contributed by atoms with Crippen LogP contribution in [0.3, 0.4) is 0 Å². The van der Waals surface area contributed by atoms with Crippen molar-refractivity contribution in [1.82, 2.24) is 5.32 Å². The number of hydrogen-bond acceptors (Lipinski definition) is 4. The molecule has 2 amide bonds. The fraction of sp³-hybridized carbons (Fsp3) is 0.259. The Labute approximate surface area is 195 Å². The molecule has 3 aromatic rings. The molecule has 0 aliphatic carbocycles. The predicted molar refractivity (Wildman–Crippen MR) is 133 cm³/mol. The maximum Gasteiger partial charge on any atom is 0.251 e. The summed E-state index contributed by atoms with van der Waals surface area (Å²) in [7, 11) is 0. The number of nitrogens with one attached hydrogen (secondary N) is 3. The molecule has 0 unspecified atom stereocenters. The van der Waals surface area contributed by atoms with Crippen molar-refractivity contribution < 1.29 is 14.3 Å². The molecule has 33 heavy (non-hydrogen) atoms. The molecule has 6 nitrogen and oxygen atoms in total. The van der Waals surface area contributed by atoms with Crippen molar-refractivity contribution in [3.05, 3.63) is 90.0 Å². The molecule has 0 radical (unpaired) electrons. The van der Waals surface area contributed by atoms with Gasteiger partial charge in [0, 0.05) is 29.0 Å². The second kappa shape index (κ2) is 12.3. The minimum Gasteiger partial charge on any atom is -0.494 e. The van der Waals surface area contributed by atoms with Crippen LogP contribution in [0, 0.1) is 0 Å². The smallest absolute Gasteiger partial charge is 0.251 e. The first-order valence-electron chi connectivity index (χ1n) is 11.2. The Morgan fingerprint density at radius 3 is 2.36 bits per heavy atom. The minimum atomic E-state index is -0.169. The summed E-state index contributed by atoms with van der Waals surface area (Å²) in [6, 6.07) is 24.8. The van der Waals surface area contributed by atoms with Gasteiger partial charge in [0.05, 0.1) is 13.2 Å². The molecule has 3 aromatic carbocycles. The summed E-state index contributed by atoms with van der Waals surface area (Å²) in [6.45, 7) is 4.55. The molecule has 172 valence electrons. The van der Waals surface area contributed by atoms with Crippen LogP contribution >= 0.6 is 0 Å². The van der Waals surface area contributed by atoms with Crippen molar-refractivity contribution in [3.63, 3.8) is 0 Å². The maximum atomic E-state index is 12.3. The fourth-order valence-electron chi connectivity index (χ4n) is 3.25. The zero-order chi connectivity index (χ0) is 23.5. The summed E-state index contributed by atoms with van der Waals surface area (Å²) >= 11 is 0. The summed E-state index contributed by atoms with van der Waals surface area (Å²) in [5.74, 6) is 0.443. The molecule has 6 heteroatoms. The average Bonchev–Trinajstić information content (AvgIpc) is 2.81. The van der Waals surface area contributed by atoms with E-state index in [0.29, 0.717) is 17.9 Å². The summed E-state index contributed by atoms with van der Waals surface area (Å²) < 4.78 is 5.83. The molecule has 0 aliphatic rings. The standard InChI is InChI=1S/C27H31N3O3/c1-20(2)29-27(32)22-13-15-23(16-14-22)28-19-26(31)30-24-11-6-12-25(18-24)33-17-7-10-21-8-4-3-5-9-21/h3-6,8-9,11-16,18,20,28H,7,10,17,19H2,1-2H3,(H,29,32)(H,30,31). The SMILES string of the molecule is CC(C)NC(=O)c1ccc(NCC(=O)Nc2cccc(OCCCc3ccccc3)c2)cc1. The lowest BCUT2D eigenvalue weighted by atomic mass is 10.1. The molecule has 0 atom stereocenters. The molecule has 0 heterocycles. The van der Waals surface area contributed by atoms with Crippen LogP contribution in [0.4, 0.5) is 11.4 Å². The van der Waals surface area contributed by atoms with Gasteiger partial charge in [-0.05, 0) is 68.7 Å². The molecule has 0 spiro atoms. The van der Waals surface area contributed by atoms with E-state index in [9.17, 15) is 9.59 Å². The van der Waals surface area contributed by atoms with Crippen LogP contribution in [0.5, 0.6) is 5.75 Å². The van der Waals surface area contributed by atoms with E-state index in [0.717, 1.165) is 24.3 Å². The quantitative estimate of drug-likeness (QED) is 0.367. The van der Waals surface area contributed by atoms with Crippen LogP contribution < -0.4 is 20.7 Å². The lowest BCUT2D eigenvalue weighted by molar-refractivity contribution is -0.114. The zero-order valence-electron chi connectivity index (χ0n) is 19.1. The Balaban J connectivity index is 1.41. The van der Waals surface area contributed by atoms with Crippen LogP contribution in [-0.4, -0.2) is 31.0 Å². The normalized spacial score (nSPS) is 10.5. The fourth-order valence-corrected chi connectivity index (χ4v) is 3.25. The summed E-state index contributed by atoms with van der Waals surface area (Å²) in [4.78, 5) is 24.3. The summed E-state index contributed by atoms with van der Waals surface area (Å²) in [5.41, 5.74) is 3.33. The van der Waals surface area contributed by atoms with E-state index in [-0.39, 0.29) is 24.4 Å². The van der Waals surface area contributed by atoms with E-state index >= 15 is 0 Å². The lowest BCUT2D eigenvalue weighted by Crippen LogP contribution is -2.30. The van der Waals surface area contributed by atoms with E-state index in [1.807, 2.05) is 56.3 Å². The molecule has 3 rings (SSSR count). The van der Waals surface area contributed by atoms with Gasteiger partial charge in [-0.15, -0.1) is 0 Å². The van der Waals surface area contributed by atoms with Gasteiger partial charge in [0.25, 0.3) is 5.91 Å². The van der Waals surface area contributed by atoms with Crippen molar-refractivity contribution >= 4 is 23.2 Å². The molecule has 0 fully saturated rings. The highest BCUT2D eigenvalue weighted by atomic mass is 16.5. The van der Waals surface area contributed by atoms with Crippen molar-refractivity contribution in [1.29, 1.82) is 0 Å². The summed E-state index contributed by atoms with van der Waals surface area (Å²) in [5, 5.41) is 8.79. The largest absolute Gasteiger partial charge is 0.494 e. The van der Waals surface area contributed by atoms with E-state index in [4.69, 9.17) is 4.74 Å². The number of aryl methyl sites for hydroxylation is 1. The molecule has 0 aliphatic heterocycles. The van der Waals surface area contributed by atoms with Gasteiger partial charge in [-0.25, -0.2) is 0 Å². The Morgan fingerprint density at radius 1 is 0.879 bits per heavy atom. The van der Waals surface area contributed by atoms with Crippen molar-refractivity contribution in [2.24, 2.45) is 0 Å². The molecular weight excluding hydrogens is 414 g/mol. The third-order valence-corrected chi connectivity index (χ3v) is 4.86. The van der Waals surface area contributed by atoms with Gasteiger partial charge in [0.2, 0.25) is 5.91 Å². The molecular formula is C27H31N3O3. The lowest BCUT2D eigenvalue weighted by Gasteiger charge is -2.11. The first-order valence-corrected chi connectivity index (χ1v) is 11.2. The Hall–Kier alpha value is -3.80. The number of benzene rings is 3. The predicted octanol–water partition coefficient (Wildman–Crippen LogP) is 4.89. The number of rotatable bonds is 11. The van der Waals surface area contributed by atoms with Gasteiger partial charge in [-0.2, -0.15) is 0 Å². The molecule has 0 saturated carbocycles. The highest BCUT2D eigenvalue weighted by Gasteiger charge is 2.07. The van der Waals surface area contributed by atoms with E-state index in [1.54, 1.807) is 24.3 Å². The monoisotopic (exact) mass is 445 g/mol. The number of carbonyl (C=O) groups is 2.